The summed E-state index contributed by atoms with van der Waals surface area (Å²) in [4.78, 5) is 21.1. The van der Waals surface area contributed by atoms with E-state index < -0.39 is 0 Å². The van der Waals surface area contributed by atoms with Crippen LogP contribution in [0.2, 0.25) is 5.15 Å². The summed E-state index contributed by atoms with van der Waals surface area (Å²) in [5, 5.41) is 5.43. The van der Waals surface area contributed by atoms with E-state index >= 15 is 0 Å². The van der Waals surface area contributed by atoms with Gasteiger partial charge in [0.2, 0.25) is 0 Å². The molecule has 0 aliphatic rings. The van der Waals surface area contributed by atoms with Crippen molar-refractivity contribution in [3.05, 3.63) is 45.7 Å². The molecule has 0 bridgehead atoms. The van der Waals surface area contributed by atoms with Crippen LogP contribution < -0.4 is 0 Å². The number of thioether (sulfide) groups is 1. The molecule has 0 fully saturated rings. The average molecular weight is 384 g/mol. The highest BCUT2D eigenvalue weighted by atomic mass is 79.9. The van der Waals surface area contributed by atoms with Crippen molar-refractivity contribution in [3.63, 3.8) is 0 Å². The number of nitrogens with zero attached hydrogens (tertiary/aromatic N) is 4. The molecule has 2 aromatic heterocycles. The molecular formula is C13H8BrClN4OS. The molecule has 0 radical (unpaired) electrons. The third-order valence-corrected chi connectivity index (χ3v) is 4.37. The van der Waals surface area contributed by atoms with E-state index in [1.165, 1.54) is 22.6 Å². The Bertz CT molecular complexity index is 851. The van der Waals surface area contributed by atoms with E-state index in [1.807, 2.05) is 12.3 Å². The lowest BCUT2D eigenvalue weighted by molar-refractivity contribution is 0.0949. The molecule has 0 saturated heterocycles. The van der Waals surface area contributed by atoms with Gasteiger partial charge < -0.3 is 0 Å². The van der Waals surface area contributed by atoms with E-state index in [-0.39, 0.29) is 11.1 Å². The van der Waals surface area contributed by atoms with E-state index in [1.54, 1.807) is 18.2 Å². The largest absolute Gasteiger partial charge is 0.281 e. The van der Waals surface area contributed by atoms with E-state index in [0.717, 1.165) is 0 Å². The molecule has 0 aliphatic heterocycles. The number of hydrogen-bond donors (Lipinski definition) is 0. The van der Waals surface area contributed by atoms with Gasteiger partial charge in [-0.25, -0.2) is 9.97 Å². The Morgan fingerprint density at radius 1 is 1.33 bits per heavy atom. The normalized spacial score (nSPS) is 11.0. The Labute approximate surface area is 137 Å². The zero-order valence-corrected chi connectivity index (χ0v) is 13.9. The van der Waals surface area contributed by atoms with Crippen LogP contribution in [0, 0.1) is 0 Å². The molecule has 0 atom stereocenters. The number of hydrogen-bond acceptors (Lipinski definition) is 5. The van der Waals surface area contributed by atoms with Crippen molar-refractivity contribution in [1.82, 2.24) is 19.7 Å². The van der Waals surface area contributed by atoms with Crippen molar-refractivity contribution in [2.24, 2.45) is 0 Å². The van der Waals surface area contributed by atoms with Gasteiger partial charge in [-0.15, -0.1) is 0 Å². The second-order valence-electron chi connectivity index (χ2n) is 4.08. The van der Waals surface area contributed by atoms with Gasteiger partial charge in [0.1, 0.15) is 5.15 Å². The Morgan fingerprint density at radius 3 is 2.81 bits per heavy atom. The first-order chi connectivity index (χ1) is 10.1. The Balaban J connectivity index is 2.19. The summed E-state index contributed by atoms with van der Waals surface area (Å²) < 4.78 is 1.94. The second-order valence-corrected chi connectivity index (χ2v) is 6.07. The first-order valence-electron chi connectivity index (χ1n) is 5.86. The highest BCUT2D eigenvalue weighted by Crippen LogP contribution is 2.24. The monoisotopic (exact) mass is 382 g/mol. The Morgan fingerprint density at radius 2 is 2.10 bits per heavy atom. The van der Waals surface area contributed by atoms with Crippen molar-refractivity contribution in [3.8, 4) is 0 Å². The molecular weight excluding hydrogens is 376 g/mol. The van der Waals surface area contributed by atoms with Gasteiger partial charge >= 0.3 is 0 Å². The van der Waals surface area contributed by atoms with Gasteiger partial charge in [0.15, 0.2) is 10.8 Å². The van der Waals surface area contributed by atoms with E-state index in [4.69, 9.17) is 11.6 Å². The average Bonchev–Trinajstić information content (AvgIpc) is 2.91. The molecule has 0 unspecified atom stereocenters. The van der Waals surface area contributed by atoms with E-state index in [2.05, 4.69) is 31.0 Å². The molecule has 0 aliphatic carbocycles. The Kier molecular flexibility index (Phi) is 3.97. The lowest BCUT2D eigenvalue weighted by atomic mass is 10.2. The predicted molar refractivity (Wildman–Crippen MR) is 86.0 cm³/mol. The first-order valence-corrected chi connectivity index (χ1v) is 8.26. The summed E-state index contributed by atoms with van der Waals surface area (Å²) >= 11 is 10.8. The minimum absolute atomic E-state index is 0.278. The zero-order valence-electron chi connectivity index (χ0n) is 10.7. The molecule has 1 aromatic carbocycles. The van der Waals surface area contributed by atoms with Crippen molar-refractivity contribution in [2.45, 2.75) is 5.16 Å². The number of aromatic nitrogens is 4. The fourth-order valence-corrected chi connectivity index (χ4v) is 2.92. The Hall–Kier alpha value is -1.44. The number of benzene rings is 1. The molecule has 8 heteroatoms. The van der Waals surface area contributed by atoms with Crippen LogP contribution in [0.1, 0.15) is 10.4 Å². The SMILES string of the molecule is CSc1nc(Cl)c2cnn(C(=O)c3ccccc3Br)c2n1. The van der Waals surface area contributed by atoms with Crippen LogP contribution >= 0.6 is 39.3 Å². The standard InChI is InChI=1S/C13H8BrClN4OS/c1-21-13-17-10(15)8-6-16-19(11(8)18-13)12(20)7-4-2-3-5-9(7)14/h2-6H,1H3. The molecule has 0 saturated carbocycles. The van der Waals surface area contributed by atoms with E-state index in [9.17, 15) is 4.79 Å². The van der Waals surface area contributed by atoms with Gasteiger partial charge in [0.05, 0.1) is 17.1 Å². The smallest absolute Gasteiger partial charge is 0.267 e. The van der Waals surface area contributed by atoms with Crippen molar-refractivity contribution in [1.29, 1.82) is 0 Å². The van der Waals surface area contributed by atoms with Gasteiger partial charge in [0.25, 0.3) is 5.91 Å². The summed E-state index contributed by atoms with van der Waals surface area (Å²) in [6.07, 6.45) is 3.34. The minimum atomic E-state index is -0.278. The summed E-state index contributed by atoms with van der Waals surface area (Å²) in [6.45, 7) is 0. The predicted octanol–water partition coefficient (Wildman–Crippen LogP) is 3.65. The molecule has 0 spiro atoms. The third kappa shape index (κ3) is 2.56. The summed E-state index contributed by atoms with van der Waals surface area (Å²) in [6, 6.07) is 7.15. The molecule has 21 heavy (non-hydrogen) atoms. The molecule has 0 amide bonds. The van der Waals surface area contributed by atoms with Gasteiger partial charge in [-0.1, -0.05) is 35.5 Å². The fraction of sp³-hybridized carbons (Fsp3) is 0.0769. The maximum atomic E-state index is 12.6. The highest BCUT2D eigenvalue weighted by molar-refractivity contribution is 9.10. The minimum Gasteiger partial charge on any atom is -0.267 e. The van der Waals surface area contributed by atoms with Crippen LogP contribution in [0.5, 0.6) is 0 Å². The fourth-order valence-electron chi connectivity index (χ4n) is 1.84. The van der Waals surface area contributed by atoms with Crippen LogP contribution in [0.15, 0.2) is 40.1 Å². The summed E-state index contributed by atoms with van der Waals surface area (Å²) in [7, 11) is 0. The van der Waals surface area contributed by atoms with E-state index in [0.29, 0.717) is 26.2 Å². The summed E-state index contributed by atoms with van der Waals surface area (Å²) in [5.41, 5.74) is 0.906. The van der Waals surface area contributed by atoms with Crippen molar-refractivity contribution < 1.29 is 4.79 Å². The van der Waals surface area contributed by atoms with Crippen LogP contribution in [0.4, 0.5) is 0 Å². The topological polar surface area (TPSA) is 60.7 Å². The maximum Gasteiger partial charge on any atom is 0.281 e. The number of carbonyl (C=O) groups is 1. The van der Waals surface area contributed by atoms with Crippen LogP contribution in [0.3, 0.4) is 0 Å². The lowest BCUT2D eigenvalue weighted by Crippen LogP contribution is -2.14. The summed E-state index contributed by atoms with van der Waals surface area (Å²) in [5.74, 6) is -0.278. The molecule has 106 valence electrons. The molecule has 2 heterocycles. The van der Waals surface area contributed by atoms with Crippen molar-refractivity contribution in [2.75, 3.05) is 6.26 Å². The number of rotatable bonds is 2. The van der Waals surface area contributed by atoms with Crippen LogP contribution in [0.25, 0.3) is 11.0 Å². The molecule has 5 nitrogen and oxygen atoms in total. The maximum absolute atomic E-state index is 12.6. The number of fused-ring (bicyclic) bond motifs is 1. The molecule has 0 N–H and O–H groups in total. The lowest BCUT2D eigenvalue weighted by Gasteiger charge is -2.05. The van der Waals surface area contributed by atoms with Gasteiger partial charge in [-0.3, -0.25) is 4.79 Å². The molecule has 3 aromatic rings. The van der Waals surface area contributed by atoms with Crippen LogP contribution in [-0.4, -0.2) is 31.9 Å². The quantitative estimate of drug-likeness (QED) is 0.384. The van der Waals surface area contributed by atoms with Crippen molar-refractivity contribution >= 4 is 56.2 Å². The van der Waals surface area contributed by atoms with Crippen LogP contribution in [-0.2, 0) is 0 Å². The number of carbonyl (C=O) groups excluding carboxylic acids is 1. The zero-order chi connectivity index (χ0) is 15.0. The van der Waals surface area contributed by atoms with Gasteiger partial charge in [-0.2, -0.15) is 9.78 Å². The molecule has 3 rings (SSSR count). The van der Waals surface area contributed by atoms with Gasteiger partial charge in [0, 0.05) is 4.47 Å². The van der Waals surface area contributed by atoms with Gasteiger partial charge in [-0.05, 0) is 34.3 Å². The third-order valence-electron chi connectivity index (χ3n) is 2.84. The first kappa shape index (κ1) is 14.5. The highest BCUT2D eigenvalue weighted by Gasteiger charge is 2.18. The number of halogens is 2. The second kappa shape index (κ2) is 5.75.